The molecular weight excluding hydrogens is 371 g/mol. The van der Waals surface area contributed by atoms with Crippen molar-refractivity contribution in [1.82, 2.24) is 15.1 Å². The standard InChI is InChI=1S/C20H18F3N3O2/c1-12(20(21,22)23)28-18-17-8-7-14(10-16(17)11-24-25-18)13-5-4-6-15(9-13)19(27)26(2)3/h4-12H,1-3H3/t12-/m0/s1. The van der Waals surface area contributed by atoms with Crippen LogP contribution in [-0.4, -0.2) is 47.4 Å². The monoisotopic (exact) mass is 389 g/mol. The molecule has 1 amide bonds. The second kappa shape index (κ2) is 7.46. The highest BCUT2D eigenvalue weighted by molar-refractivity contribution is 5.96. The summed E-state index contributed by atoms with van der Waals surface area (Å²) in [5, 5.41) is 8.46. The van der Waals surface area contributed by atoms with Crippen molar-refractivity contribution in [2.24, 2.45) is 0 Å². The van der Waals surface area contributed by atoms with Crippen LogP contribution in [0.4, 0.5) is 13.2 Å². The van der Waals surface area contributed by atoms with E-state index in [4.69, 9.17) is 4.74 Å². The molecule has 3 rings (SSSR count). The van der Waals surface area contributed by atoms with E-state index in [1.165, 1.54) is 11.1 Å². The van der Waals surface area contributed by atoms with Crippen molar-refractivity contribution in [3.05, 3.63) is 54.2 Å². The second-order valence-electron chi connectivity index (χ2n) is 6.53. The van der Waals surface area contributed by atoms with Gasteiger partial charge in [-0.2, -0.15) is 18.3 Å². The highest BCUT2D eigenvalue weighted by atomic mass is 19.4. The number of fused-ring (bicyclic) bond motifs is 1. The smallest absolute Gasteiger partial charge is 0.425 e. The van der Waals surface area contributed by atoms with Gasteiger partial charge < -0.3 is 9.64 Å². The van der Waals surface area contributed by atoms with Crippen LogP contribution in [0.5, 0.6) is 5.88 Å². The Hall–Kier alpha value is -3.16. The van der Waals surface area contributed by atoms with Gasteiger partial charge in [-0.15, -0.1) is 5.10 Å². The number of nitrogens with zero attached hydrogens (tertiary/aromatic N) is 3. The van der Waals surface area contributed by atoms with Gasteiger partial charge in [-0.05, 0) is 42.3 Å². The van der Waals surface area contributed by atoms with Crippen molar-refractivity contribution in [3.8, 4) is 17.0 Å². The summed E-state index contributed by atoms with van der Waals surface area (Å²) in [7, 11) is 3.35. The van der Waals surface area contributed by atoms with Gasteiger partial charge in [-0.1, -0.05) is 18.2 Å². The largest absolute Gasteiger partial charge is 0.463 e. The lowest BCUT2D eigenvalue weighted by Gasteiger charge is -2.17. The van der Waals surface area contributed by atoms with E-state index in [-0.39, 0.29) is 11.8 Å². The van der Waals surface area contributed by atoms with Gasteiger partial charge in [0, 0.05) is 30.4 Å². The molecule has 1 heterocycles. The highest BCUT2D eigenvalue weighted by Gasteiger charge is 2.38. The number of aromatic nitrogens is 2. The Balaban J connectivity index is 1.98. The molecule has 8 heteroatoms. The fraction of sp³-hybridized carbons (Fsp3) is 0.250. The molecule has 3 aromatic rings. The molecule has 0 fully saturated rings. The second-order valence-corrected chi connectivity index (χ2v) is 6.53. The third-order valence-corrected chi connectivity index (χ3v) is 4.23. The quantitative estimate of drug-likeness (QED) is 0.667. The maximum Gasteiger partial charge on any atom is 0.425 e. The first kappa shape index (κ1) is 19.6. The Kier molecular flexibility index (Phi) is 5.22. The van der Waals surface area contributed by atoms with Crippen LogP contribution < -0.4 is 4.74 Å². The van der Waals surface area contributed by atoms with Gasteiger partial charge in [-0.3, -0.25) is 4.79 Å². The molecule has 0 unspecified atom stereocenters. The molecule has 0 spiro atoms. The first-order valence-electron chi connectivity index (χ1n) is 8.47. The summed E-state index contributed by atoms with van der Waals surface area (Å²) >= 11 is 0. The summed E-state index contributed by atoms with van der Waals surface area (Å²) in [6.07, 6.45) is -5.04. The van der Waals surface area contributed by atoms with E-state index in [1.807, 2.05) is 6.07 Å². The predicted octanol–water partition coefficient (Wildman–Crippen LogP) is 4.33. The Morgan fingerprint density at radius 3 is 2.50 bits per heavy atom. The minimum absolute atomic E-state index is 0.120. The van der Waals surface area contributed by atoms with E-state index in [1.54, 1.807) is 50.5 Å². The summed E-state index contributed by atoms with van der Waals surface area (Å²) in [5.41, 5.74) is 2.14. The van der Waals surface area contributed by atoms with Crippen LogP contribution in [0.2, 0.25) is 0 Å². The molecule has 5 nitrogen and oxygen atoms in total. The Morgan fingerprint density at radius 2 is 1.82 bits per heavy atom. The van der Waals surface area contributed by atoms with Gasteiger partial charge in [0.1, 0.15) is 0 Å². The van der Waals surface area contributed by atoms with Crippen LogP contribution >= 0.6 is 0 Å². The molecule has 0 radical (unpaired) electrons. The zero-order valence-electron chi connectivity index (χ0n) is 15.5. The lowest BCUT2D eigenvalue weighted by Crippen LogP contribution is -2.31. The molecular formula is C20H18F3N3O2. The fourth-order valence-corrected chi connectivity index (χ4v) is 2.65. The van der Waals surface area contributed by atoms with Gasteiger partial charge in [0.15, 0.2) is 6.10 Å². The van der Waals surface area contributed by atoms with Crippen LogP contribution in [0.3, 0.4) is 0 Å². The van der Waals surface area contributed by atoms with E-state index in [2.05, 4.69) is 10.2 Å². The normalized spacial score (nSPS) is 12.6. The van der Waals surface area contributed by atoms with Crippen molar-refractivity contribution in [1.29, 1.82) is 0 Å². The number of ether oxygens (including phenoxy) is 1. The first-order valence-corrected chi connectivity index (χ1v) is 8.47. The molecule has 1 aromatic heterocycles. The average molecular weight is 389 g/mol. The highest BCUT2D eigenvalue weighted by Crippen LogP contribution is 2.31. The zero-order chi connectivity index (χ0) is 20.5. The van der Waals surface area contributed by atoms with E-state index < -0.39 is 12.3 Å². The van der Waals surface area contributed by atoms with Crippen LogP contribution in [0.25, 0.3) is 21.9 Å². The summed E-state index contributed by atoms with van der Waals surface area (Å²) < 4.78 is 43.3. The van der Waals surface area contributed by atoms with Crippen molar-refractivity contribution in [2.45, 2.75) is 19.2 Å². The average Bonchev–Trinajstić information content (AvgIpc) is 2.66. The zero-order valence-corrected chi connectivity index (χ0v) is 15.5. The van der Waals surface area contributed by atoms with E-state index >= 15 is 0 Å². The number of alkyl halides is 3. The number of carbonyl (C=O) groups is 1. The minimum Gasteiger partial charge on any atom is -0.463 e. The van der Waals surface area contributed by atoms with Crippen molar-refractivity contribution < 1.29 is 22.7 Å². The van der Waals surface area contributed by atoms with E-state index in [0.29, 0.717) is 16.3 Å². The van der Waals surface area contributed by atoms with Gasteiger partial charge >= 0.3 is 6.18 Å². The number of hydrogen-bond acceptors (Lipinski definition) is 4. The number of benzene rings is 2. The van der Waals surface area contributed by atoms with Gasteiger partial charge in [0.05, 0.1) is 6.20 Å². The molecule has 0 aliphatic carbocycles. The summed E-state index contributed by atoms with van der Waals surface area (Å²) in [4.78, 5) is 13.7. The molecule has 0 aliphatic heterocycles. The van der Waals surface area contributed by atoms with Crippen LogP contribution in [0.15, 0.2) is 48.7 Å². The molecule has 1 atom stereocenters. The molecule has 28 heavy (non-hydrogen) atoms. The molecule has 146 valence electrons. The third-order valence-electron chi connectivity index (χ3n) is 4.23. The molecule has 0 saturated carbocycles. The topological polar surface area (TPSA) is 55.3 Å². The van der Waals surface area contributed by atoms with Crippen molar-refractivity contribution >= 4 is 16.7 Å². The minimum atomic E-state index is -4.50. The third kappa shape index (κ3) is 4.05. The lowest BCUT2D eigenvalue weighted by molar-refractivity contribution is -0.189. The molecule has 0 aliphatic rings. The predicted molar refractivity (Wildman–Crippen MR) is 99.1 cm³/mol. The Morgan fingerprint density at radius 1 is 1.11 bits per heavy atom. The summed E-state index contributed by atoms with van der Waals surface area (Å²) in [5.74, 6) is -0.296. The number of amides is 1. The van der Waals surface area contributed by atoms with E-state index in [9.17, 15) is 18.0 Å². The number of carbonyl (C=O) groups excluding carboxylic acids is 1. The molecule has 2 aromatic carbocycles. The summed E-state index contributed by atoms with van der Waals surface area (Å²) in [6.45, 7) is 0.919. The maximum atomic E-state index is 12.8. The molecule has 0 bridgehead atoms. The SMILES string of the molecule is C[C@H](Oc1nncc2cc(-c3cccc(C(=O)N(C)C)c3)ccc12)C(F)(F)F. The van der Waals surface area contributed by atoms with Crippen LogP contribution in [0.1, 0.15) is 17.3 Å². The van der Waals surface area contributed by atoms with Crippen LogP contribution in [0, 0.1) is 0 Å². The number of halogens is 3. The van der Waals surface area contributed by atoms with E-state index in [0.717, 1.165) is 18.1 Å². The van der Waals surface area contributed by atoms with Gasteiger partial charge in [0.25, 0.3) is 5.91 Å². The fourth-order valence-electron chi connectivity index (χ4n) is 2.65. The lowest BCUT2D eigenvalue weighted by atomic mass is 10.0. The molecule has 0 saturated heterocycles. The molecule has 0 N–H and O–H groups in total. The maximum absolute atomic E-state index is 12.8. The van der Waals surface area contributed by atoms with Crippen LogP contribution in [-0.2, 0) is 0 Å². The summed E-state index contributed by atoms with van der Waals surface area (Å²) in [6, 6.07) is 12.3. The Bertz CT molecular complexity index is 1020. The first-order chi connectivity index (χ1) is 13.2. The van der Waals surface area contributed by atoms with Gasteiger partial charge in [-0.25, -0.2) is 0 Å². The van der Waals surface area contributed by atoms with Crippen molar-refractivity contribution in [3.63, 3.8) is 0 Å². The number of hydrogen-bond donors (Lipinski definition) is 0. The number of rotatable bonds is 4. The Labute approximate surface area is 159 Å². The van der Waals surface area contributed by atoms with Crippen molar-refractivity contribution in [2.75, 3.05) is 14.1 Å². The van der Waals surface area contributed by atoms with Gasteiger partial charge in [0.2, 0.25) is 5.88 Å².